The molecule has 6 aromatic carbocycles. The van der Waals surface area contributed by atoms with Crippen LogP contribution in [0, 0.1) is 6.57 Å². The van der Waals surface area contributed by atoms with Crippen molar-refractivity contribution in [2.24, 2.45) is 0 Å². The van der Waals surface area contributed by atoms with Crippen LogP contribution in [0.4, 0.5) is 5.69 Å². The molecule has 0 N–H and O–H groups in total. The fourth-order valence-electron chi connectivity index (χ4n) is 7.59. The molecule has 43 heavy (non-hydrogen) atoms. The van der Waals surface area contributed by atoms with E-state index in [1.807, 2.05) is 6.07 Å². The van der Waals surface area contributed by atoms with Crippen molar-refractivity contribution >= 4 is 16.5 Å². The summed E-state index contributed by atoms with van der Waals surface area (Å²) in [6, 6.07) is 50.5. The maximum Gasteiger partial charge on any atom is 0.190 e. The number of fused-ring (bicyclic) bond motifs is 12. The summed E-state index contributed by atoms with van der Waals surface area (Å²) in [5.74, 6) is 0. The summed E-state index contributed by atoms with van der Waals surface area (Å²) in [6.07, 6.45) is 1.71. The van der Waals surface area contributed by atoms with E-state index in [2.05, 4.69) is 137 Å². The Balaban J connectivity index is 1.34. The zero-order valence-corrected chi connectivity index (χ0v) is 23.3. The molecule has 7 aromatic rings. The van der Waals surface area contributed by atoms with Gasteiger partial charge in [0, 0.05) is 6.20 Å². The number of hydrogen-bond donors (Lipinski definition) is 0. The van der Waals surface area contributed by atoms with Crippen LogP contribution in [0.25, 0.3) is 60.3 Å². The average Bonchev–Trinajstić information content (AvgIpc) is 3.55. The van der Waals surface area contributed by atoms with Crippen molar-refractivity contribution < 1.29 is 0 Å². The Hall–Kier alpha value is -5.78. The molecule has 0 atom stereocenters. The Bertz CT molecular complexity index is 2280. The fraction of sp³-hybridized carbons (Fsp3) is 0.0244. The second kappa shape index (κ2) is 8.86. The van der Waals surface area contributed by atoms with E-state index in [9.17, 15) is 0 Å². The summed E-state index contributed by atoms with van der Waals surface area (Å²) < 4.78 is 0. The minimum Gasteiger partial charge on any atom is -0.259 e. The lowest BCUT2D eigenvalue weighted by Gasteiger charge is -2.30. The van der Waals surface area contributed by atoms with Gasteiger partial charge in [0.25, 0.3) is 0 Å². The zero-order valence-electron chi connectivity index (χ0n) is 23.3. The number of pyridine rings is 1. The first kappa shape index (κ1) is 23.9. The second-order valence-electron chi connectivity index (χ2n) is 11.4. The van der Waals surface area contributed by atoms with E-state index in [1.165, 1.54) is 60.8 Å². The van der Waals surface area contributed by atoms with Crippen LogP contribution in [0.1, 0.15) is 22.3 Å². The molecule has 9 rings (SSSR count). The summed E-state index contributed by atoms with van der Waals surface area (Å²) in [7, 11) is 0. The van der Waals surface area contributed by atoms with Crippen LogP contribution in [-0.2, 0) is 5.41 Å². The molecule has 2 heteroatoms. The van der Waals surface area contributed by atoms with Gasteiger partial charge in [-0.1, -0.05) is 115 Å². The molecule has 2 aliphatic carbocycles. The van der Waals surface area contributed by atoms with Crippen molar-refractivity contribution in [1.29, 1.82) is 0 Å². The van der Waals surface area contributed by atoms with Gasteiger partial charge in [-0.3, -0.25) is 4.98 Å². The van der Waals surface area contributed by atoms with Gasteiger partial charge in [0.2, 0.25) is 0 Å². The van der Waals surface area contributed by atoms with E-state index in [0.29, 0.717) is 5.69 Å². The van der Waals surface area contributed by atoms with Crippen molar-refractivity contribution in [3.05, 3.63) is 179 Å². The number of benzene rings is 6. The molecule has 0 aliphatic heterocycles. The lowest BCUT2D eigenvalue weighted by atomic mass is 9.70. The van der Waals surface area contributed by atoms with Gasteiger partial charge < -0.3 is 0 Å². The van der Waals surface area contributed by atoms with Crippen LogP contribution in [-0.4, -0.2) is 4.98 Å². The first-order valence-corrected chi connectivity index (χ1v) is 14.6. The highest BCUT2D eigenvalue weighted by Crippen LogP contribution is 2.64. The Morgan fingerprint density at radius 3 is 2.05 bits per heavy atom. The summed E-state index contributed by atoms with van der Waals surface area (Å²) in [4.78, 5) is 8.18. The maximum absolute atomic E-state index is 7.44. The third kappa shape index (κ3) is 3.19. The fourth-order valence-corrected chi connectivity index (χ4v) is 7.59. The quantitative estimate of drug-likeness (QED) is 0.198. The van der Waals surface area contributed by atoms with Crippen molar-refractivity contribution in [3.8, 4) is 44.6 Å². The van der Waals surface area contributed by atoms with Crippen LogP contribution in [0.2, 0.25) is 0 Å². The number of rotatable bonds is 2. The van der Waals surface area contributed by atoms with Crippen LogP contribution in [0.15, 0.2) is 146 Å². The molecular formula is C41H24N2. The molecule has 0 bridgehead atoms. The van der Waals surface area contributed by atoms with Gasteiger partial charge in [-0.25, -0.2) is 4.85 Å². The van der Waals surface area contributed by atoms with Crippen LogP contribution >= 0.6 is 0 Å². The normalized spacial score (nSPS) is 13.3. The molecule has 0 fully saturated rings. The predicted octanol–water partition coefficient (Wildman–Crippen LogP) is 10.5. The van der Waals surface area contributed by atoms with Crippen molar-refractivity contribution in [3.63, 3.8) is 0 Å². The monoisotopic (exact) mass is 544 g/mol. The number of aromatic nitrogens is 1. The van der Waals surface area contributed by atoms with Gasteiger partial charge in [-0.2, -0.15) is 0 Å². The van der Waals surface area contributed by atoms with E-state index in [1.54, 1.807) is 12.3 Å². The largest absolute Gasteiger partial charge is 0.259 e. The molecule has 0 unspecified atom stereocenters. The van der Waals surface area contributed by atoms with Gasteiger partial charge in [-0.05, 0) is 96.2 Å². The first-order valence-electron chi connectivity index (χ1n) is 14.6. The molecule has 2 aliphatic rings. The van der Waals surface area contributed by atoms with Gasteiger partial charge in [0.05, 0.1) is 17.7 Å². The number of hydrogen-bond acceptors (Lipinski definition) is 1. The lowest BCUT2D eigenvalue weighted by molar-refractivity contribution is 0.795. The second-order valence-corrected chi connectivity index (χ2v) is 11.4. The summed E-state index contributed by atoms with van der Waals surface area (Å²) >= 11 is 0. The molecule has 1 aromatic heterocycles. The van der Waals surface area contributed by atoms with Gasteiger partial charge >= 0.3 is 0 Å². The predicted molar refractivity (Wildman–Crippen MR) is 175 cm³/mol. The van der Waals surface area contributed by atoms with Crippen LogP contribution < -0.4 is 0 Å². The summed E-state index contributed by atoms with van der Waals surface area (Å²) in [5, 5.41) is 2.55. The van der Waals surface area contributed by atoms with Gasteiger partial charge in [0.1, 0.15) is 0 Å². The molecule has 0 amide bonds. The SMILES string of the molecule is [C-]#[N+]c1ccnc(-c2cccc(-c3ccc4c(c3)C3(c5ccccc5-c5ccccc53)c3ccc5ccccc5c3-4)c2)c1. The van der Waals surface area contributed by atoms with Crippen molar-refractivity contribution in [2.45, 2.75) is 5.41 Å². The van der Waals surface area contributed by atoms with Crippen LogP contribution in [0.3, 0.4) is 0 Å². The smallest absolute Gasteiger partial charge is 0.190 e. The molecule has 0 radical (unpaired) electrons. The third-order valence-electron chi connectivity index (χ3n) is 9.34. The van der Waals surface area contributed by atoms with E-state index in [0.717, 1.165) is 16.8 Å². The zero-order chi connectivity index (χ0) is 28.5. The Labute approximate surface area is 250 Å². The van der Waals surface area contributed by atoms with Gasteiger partial charge in [0.15, 0.2) is 5.69 Å². The summed E-state index contributed by atoms with van der Waals surface area (Å²) in [5.41, 5.74) is 14.9. The summed E-state index contributed by atoms with van der Waals surface area (Å²) in [6.45, 7) is 7.44. The first-order chi connectivity index (χ1) is 21.3. The van der Waals surface area contributed by atoms with Crippen LogP contribution in [0.5, 0.6) is 0 Å². The molecule has 2 nitrogen and oxygen atoms in total. The highest BCUT2D eigenvalue weighted by atomic mass is 14.7. The molecule has 0 saturated heterocycles. The maximum atomic E-state index is 7.44. The highest BCUT2D eigenvalue weighted by molar-refractivity contribution is 6.06. The highest BCUT2D eigenvalue weighted by Gasteiger charge is 2.52. The van der Waals surface area contributed by atoms with E-state index in [4.69, 9.17) is 6.57 Å². The standard InChI is InChI=1S/C41H24N2/c1-42-30-21-22-43-39(25-30)29-11-8-10-27(23-29)28-17-19-34-38(24-28)41(37-20-18-26-9-2-3-12-31(26)40(34)37)35-15-6-4-13-32(35)33-14-5-7-16-36(33)41/h2-25H. The van der Waals surface area contributed by atoms with E-state index < -0.39 is 5.41 Å². The average molecular weight is 545 g/mol. The molecule has 198 valence electrons. The molecule has 1 spiro atoms. The Kier molecular flexibility index (Phi) is 4.92. The van der Waals surface area contributed by atoms with E-state index in [-0.39, 0.29) is 0 Å². The minimum atomic E-state index is -0.402. The topological polar surface area (TPSA) is 17.2 Å². The Morgan fingerprint density at radius 2 is 1.23 bits per heavy atom. The lowest BCUT2D eigenvalue weighted by Crippen LogP contribution is -2.25. The van der Waals surface area contributed by atoms with Crippen molar-refractivity contribution in [1.82, 2.24) is 4.98 Å². The number of nitrogens with zero attached hydrogens (tertiary/aromatic N) is 2. The van der Waals surface area contributed by atoms with Gasteiger partial charge in [-0.15, -0.1) is 0 Å². The third-order valence-corrected chi connectivity index (χ3v) is 9.34. The minimum absolute atomic E-state index is 0.402. The van der Waals surface area contributed by atoms with Crippen molar-refractivity contribution in [2.75, 3.05) is 0 Å². The molecule has 1 heterocycles. The molecular weight excluding hydrogens is 520 g/mol. The van der Waals surface area contributed by atoms with E-state index >= 15 is 0 Å². The molecule has 0 saturated carbocycles. The Morgan fingerprint density at radius 1 is 0.512 bits per heavy atom.